The number of guanidine groups is 1. The van der Waals surface area contributed by atoms with Crippen molar-refractivity contribution in [3.63, 3.8) is 0 Å². The van der Waals surface area contributed by atoms with Crippen LogP contribution >= 0.6 is 0 Å². The van der Waals surface area contributed by atoms with Crippen LogP contribution in [-0.2, 0) is 16.1 Å². The van der Waals surface area contributed by atoms with E-state index in [1.54, 1.807) is 24.1 Å². The van der Waals surface area contributed by atoms with E-state index in [0.29, 0.717) is 44.3 Å². The molecule has 2 heterocycles. The number of nitrogens with one attached hydrogen (secondary N) is 1. The smallest absolute Gasteiger partial charge is 0.405 e. The molecule has 0 saturated carbocycles. The summed E-state index contributed by atoms with van der Waals surface area (Å²) in [5.74, 6) is 0.356. The largest absolute Gasteiger partial charge is 0.573 e. The molecule has 2 aliphatic rings. The molecule has 0 spiro atoms. The number of carbonyl (C=O) groups excluding carboxylic acids is 1. The summed E-state index contributed by atoms with van der Waals surface area (Å²) in [6.45, 7) is 3.03. The van der Waals surface area contributed by atoms with Gasteiger partial charge < -0.3 is 24.6 Å². The number of benzene rings is 1. The van der Waals surface area contributed by atoms with Crippen molar-refractivity contribution in [1.82, 2.24) is 15.1 Å². The lowest BCUT2D eigenvalue weighted by Gasteiger charge is -2.37. The quantitative estimate of drug-likeness (QED) is 0.603. The number of alkyl halides is 3. The molecule has 1 amide bonds. The van der Waals surface area contributed by atoms with Crippen molar-refractivity contribution in [3.05, 3.63) is 29.8 Å². The van der Waals surface area contributed by atoms with Gasteiger partial charge >= 0.3 is 6.36 Å². The third kappa shape index (κ3) is 5.75. The molecular formula is C19H25F3N4O3. The third-order valence-corrected chi connectivity index (χ3v) is 4.94. The van der Waals surface area contributed by atoms with Crippen LogP contribution in [0.25, 0.3) is 0 Å². The standard InChI is InChI=1S/C19H25F3N4O3/c1-23-18(24-13-14-5-2-3-6-15(14)29-19(20,21)22)26-10-8-25(9-11-26)17(27)16-7-4-12-28-16/h2-3,5-6,16H,4,7-13H2,1H3,(H,23,24). The van der Waals surface area contributed by atoms with Gasteiger partial charge in [-0.2, -0.15) is 0 Å². The van der Waals surface area contributed by atoms with Crippen molar-refractivity contribution >= 4 is 11.9 Å². The third-order valence-electron chi connectivity index (χ3n) is 4.94. The van der Waals surface area contributed by atoms with Gasteiger partial charge in [0, 0.05) is 51.9 Å². The number of hydrogen-bond donors (Lipinski definition) is 1. The van der Waals surface area contributed by atoms with E-state index in [-0.39, 0.29) is 24.3 Å². The van der Waals surface area contributed by atoms with Gasteiger partial charge in [0.1, 0.15) is 11.9 Å². The topological polar surface area (TPSA) is 66.4 Å². The van der Waals surface area contributed by atoms with Gasteiger partial charge in [-0.1, -0.05) is 18.2 Å². The Balaban J connectivity index is 1.53. The average Bonchev–Trinajstić information content (AvgIpc) is 3.23. The maximum absolute atomic E-state index is 12.6. The summed E-state index contributed by atoms with van der Waals surface area (Å²) >= 11 is 0. The first kappa shape index (κ1) is 21.2. The van der Waals surface area contributed by atoms with E-state index in [9.17, 15) is 18.0 Å². The molecule has 29 heavy (non-hydrogen) atoms. The zero-order valence-corrected chi connectivity index (χ0v) is 16.2. The molecule has 3 rings (SSSR count). The molecule has 1 N–H and O–H groups in total. The molecule has 0 aliphatic carbocycles. The predicted octanol–water partition coefficient (Wildman–Crippen LogP) is 1.98. The van der Waals surface area contributed by atoms with E-state index >= 15 is 0 Å². The van der Waals surface area contributed by atoms with Gasteiger partial charge in [0.05, 0.1) is 0 Å². The Labute approximate surface area is 167 Å². The summed E-state index contributed by atoms with van der Waals surface area (Å²) < 4.78 is 47.3. The predicted molar refractivity (Wildman–Crippen MR) is 100 cm³/mol. The summed E-state index contributed by atoms with van der Waals surface area (Å²) in [5, 5.41) is 3.08. The van der Waals surface area contributed by atoms with Crippen LogP contribution in [-0.4, -0.2) is 74.0 Å². The molecule has 1 unspecified atom stereocenters. The van der Waals surface area contributed by atoms with Crippen molar-refractivity contribution in [2.75, 3.05) is 39.8 Å². The minimum atomic E-state index is -4.75. The first-order valence-corrected chi connectivity index (χ1v) is 9.57. The van der Waals surface area contributed by atoms with Gasteiger partial charge in [-0.25, -0.2) is 0 Å². The van der Waals surface area contributed by atoms with Crippen molar-refractivity contribution in [2.45, 2.75) is 31.9 Å². The Hall–Kier alpha value is -2.49. The van der Waals surface area contributed by atoms with Crippen molar-refractivity contribution in [1.29, 1.82) is 0 Å². The van der Waals surface area contributed by atoms with E-state index < -0.39 is 6.36 Å². The summed E-state index contributed by atoms with van der Waals surface area (Å²) in [6.07, 6.45) is -3.40. The lowest BCUT2D eigenvalue weighted by atomic mass is 10.2. The Morgan fingerprint density at radius 1 is 1.24 bits per heavy atom. The van der Waals surface area contributed by atoms with Crippen LogP contribution < -0.4 is 10.1 Å². The first-order valence-electron chi connectivity index (χ1n) is 9.57. The fraction of sp³-hybridized carbons (Fsp3) is 0.579. The molecule has 1 aromatic rings. The highest BCUT2D eigenvalue weighted by Gasteiger charge is 2.32. The Morgan fingerprint density at radius 3 is 2.55 bits per heavy atom. The zero-order valence-electron chi connectivity index (χ0n) is 16.2. The maximum atomic E-state index is 12.6. The zero-order chi connectivity index (χ0) is 20.9. The molecule has 0 bridgehead atoms. The number of aliphatic imine (C=N–C) groups is 1. The van der Waals surface area contributed by atoms with Crippen molar-refractivity contribution in [2.24, 2.45) is 4.99 Å². The van der Waals surface area contributed by atoms with Gasteiger partial charge in [-0.05, 0) is 18.9 Å². The Morgan fingerprint density at radius 2 is 1.93 bits per heavy atom. The molecule has 7 nitrogen and oxygen atoms in total. The molecular weight excluding hydrogens is 389 g/mol. The van der Waals surface area contributed by atoms with Gasteiger partial charge in [0.25, 0.3) is 5.91 Å². The number of carbonyl (C=O) groups is 1. The summed E-state index contributed by atoms with van der Waals surface area (Å²) in [5.41, 5.74) is 0.373. The lowest BCUT2D eigenvalue weighted by Crippen LogP contribution is -2.55. The lowest BCUT2D eigenvalue weighted by molar-refractivity contribution is -0.274. The molecule has 0 radical (unpaired) electrons. The fourth-order valence-electron chi connectivity index (χ4n) is 3.50. The molecule has 0 aromatic heterocycles. The van der Waals surface area contributed by atoms with Crippen LogP contribution in [0.1, 0.15) is 18.4 Å². The van der Waals surface area contributed by atoms with Crippen LogP contribution in [0.2, 0.25) is 0 Å². The second kappa shape index (κ2) is 9.34. The number of rotatable bonds is 4. The van der Waals surface area contributed by atoms with Crippen LogP contribution in [0.4, 0.5) is 13.2 Å². The highest BCUT2D eigenvalue weighted by molar-refractivity contribution is 5.82. The number of ether oxygens (including phenoxy) is 2. The Kier molecular flexibility index (Phi) is 6.83. The minimum absolute atomic E-state index is 0.0309. The van der Waals surface area contributed by atoms with Crippen molar-refractivity contribution < 1.29 is 27.4 Å². The number of para-hydroxylation sites is 1. The van der Waals surface area contributed by atoms with Crippen LogP contribution in [0.3, 0.4) is 0 Å². The molecule has 1 atom stereocenters. The van der Waals surface area contributed by atoms with E-state index in [1.165, 1.54) is 12.1 Å². The molecule has 2 saturated heterocycles. The number of halogens is 3. The fourth-order valence-corrected chi connectivity index (χ4v) is 3.50. The molecule has 160 valence electrons. The SMILES string of the molecule is CN=C(NCc1ccccc1OC(F)(F)F)N1CCN(C(=O)C2CCCO2)CC1. The monoisotopic (exact) mass is 414 g/mol. The van der Waals surface area contributed by atoms with Crippen LogP contribution in [0, 0.1) is 0 Å². The summed E-state index contributed by atoms with van der Waals surface area (Å²) in [4.78, 5) is 20.4. The maximum Gasteiger partial charge on any atom is 0.573 e. The minimum Gasteiger partial charge on any atom is -0.405 e. The number of amides is 1. The van der Waals surface area contributed by atoms with Crippen LogP contribution in [0.5, 0.6) is 5.75 Å². The molecule has 1 aromatic carbocycles. The highest BCUT2D eigenvalue weighted by Crippen LogP contribution is 2.26. The van der Waals surface area contributed by atoms with Crippen molar-refractivity contribution in [3.8, 4) is 5.75 Å². The van der Waals surface area contributed by atoms with Crippen LogP contribution in [0.15, 0.2) is 29.3 Å². The van der Waals surface area contributed by atoms with E-state index in [0.717, 1.165) is 12.8 Å². The normalized spacial score (nSPS) is 20.7. The number of piperazine rings is 1. The summed E-state index contributed by atoms with van der Waals surface area (Å²) in [7, 11) is 1.62. The van der Waals surface area contributed by atoms with E-state index in [1.807, 2.05) is 4.90 Å². The van der Waals surface area contributed by atoms with E-state index in [4.69, 9.17) is 4.74 Å². The second-order valence-electron chi connectivity index (χ2n) is 6.87. The van der Waals surface area contributed by atoms with Gasteiger partial charge in [0.2, 0.25) is 0 Å². The molecule has 10 heteroatoms. The summed E-state index contributed by atoms with van der Waals surface area (Å²) in [6, 6.07) is 5.99. The van der Waals surface area contributed by atoms with Gasteiger partial charge in [-0.3, -0.25) is 9.79 Å². The second-order valence-corrected chi connectivity index (χ2v) is 6.87. The number of hydrogen-bond acceptors (Lipinski definition) is 4. The number of nitrogens with zero attached hydrogens (tertiary/aromatic N) is 3. The molecule has 2 fully saturated rings. The van der Waals surface area contributed by atoms with E-state index in [2.05, 4.69) is 15.0 Å². The molecule has 2 aliphatic heterocycles. The first-order chi connectivity index (χ1) is 13.9. The Bertz CT molecular complexity index is 728. The van der Waals surface area contributed by atoms with Gasteiger partial charge in [0.15, 0.2) is 5.96 Å². The highest BCUT2D eigenvalue weighted by atomic mass is 19.4. The average molecular weight is 414 g/mol. The van der Waals surface area contributed by atoms with Gasteiger partial charge in [-0.15, -0.1) is 13.2 Å².